The molecule has 0 spiro atoms. The van der Waals surface area contributed by atoms with Crippen LogP contribution in [-0.2, 0) is 10.7 Å². The van der Waals surface area contributed by atoms with Crippen molar-refractivity contribution < 1.29 is 0 Å². The van der Waals surface area contributed by atoms with Crippen molar-refractivity contribution in [2.45, 2.75) is 31.5 Å². The van der Waals surface area contributed by atoms with Gasteiger partial charge >= 0.3 is 0 Å². The molecule has 0 aliphatic heterocycles. The fraction of sp³-hybridized carbons (Fsp3) is 0.172. The molecule has 0 bridgehead atoms. The first-order valence-electron chi connectivity index (χ1n) is 11.3. The molecule has 1 unspecified atom stereocenters. The van der Waals surface area contributed by atoms with E-state index in [-0.39, 0.29) is 4.66 Å². The maximum absolute atomic E-state index is 2.59. The minimum atomic E-state index is -1.52. The molecule has 0 heterocycles. The number of aryl methyl sites for hydroxylation is 2. The predicted molar refractivity (Wildman–Crippen MR) is 141 cm³/mol. The quantitative estimate of drug-likeness (QED) is 0.375. The molecule has 1 atom stereocenters. The first-order chi connectivity index (χ1) is 15.1. The molecular weight excluding hydrogens is 404 g/mol. The third kappa shape index (κ3) is 4.81. The molecule has 31 heavy (non-hydrogen) atoms. The van der Waals surface area contributed by atoms with Crippen LogP contribution in [0.2, 0.25) is 0 Å². The summed E-state index contributed by atoms with van der Waals surface area (Å²) in [5, 5.41) is 3.10. The van der Waals surface area contributed by atoms with Crippen LogP contribution in [0.25, 0.3) is 0 Å². The van der Waals surface area contributed by atoms with Gasteiger partial charge in [-0.3, -0.25) is 0 Å². The Morgan fingerprint density at radius 2 is 1.16 bits per heavy atom. The van der Waals surface area contributed by atoms with E-state index in [1.165, 1.54) is 22.7 Å². The Balaban J connectivity index is 1.86. The van der Waals surface area contributed by atoms with E-state index in [9.17, 15) is 0 Å². The molecule has 0 radical (unpaired) electrons. The maximum Gasteiger partial charge on any atom is 0.109 e. The Bertz CT molecular complexity index is 1070. The first-order valence-corrected chi connectivity index (χ1v) is 14.7. The average Bonchev–Trinajstić information content (AvgIpc) is 2.82. The molecule has 0 amide bonds. The lowest BCUT2D eigenvalue weighted by atomic mass is 10.0. The minimum Gasteiger partial charge on any atom is -0.0629 e. The Hall–Kier alpha value is -2.69. The molecule has 0 nitrogen and oxygen atoms in total. The molecule has 0 N–H and O–H groups in total. The Labute approximate surface area is 191 Å². The van der Waals surface area contributed by atoms with Gasteiger partial charge in [0.1, 0.15) is 8.80 Å². The van der Waals surface area contributed by atoms with Crippen LogP contribution in [0.1, 0.15) is 29.2 Å². The third-order valence-corrected chi connectivity index (χ3v) is 14.9. The van der Waals surface area contributed by atoms with Gasteiger partial charge in [0.2, 0.25) is 0 Å². The molecule has 0 aromatic heterocycles. The molecular formula is C29H32Si2. The van der Waals surface area contributed by atoms with Crippen LogP contribution in [0, 0.1) is 13.8 Å². The van der Waals surface area contributed by atoms with Gasteiger partial charge in [-0.1, -0.05) is 132 Å². The highest BCUT2D eigenvalue weighted by Crippen LogP contribution is 2.29. The highest BCUT2D eigenvalue weighted by molar-refractivity contribution is 6.93. The summed E-state index contributed by atoms with van der Waals surface area (Å²) in [6, 6.07) is 42.2. The van der Waals surface area contributed by atoms with Gasteiger partial charge in [0, 0.05) is 9.52 Å². The van der Waals surface area contributed by atoms with Crippen molar-refractivity contribution in [3.8, 4) is 0 Å². The fourth-order valence-corrected chi connectivity index (χ4v) is 13.1. The van der Waals surface area contributed by atoms with Crippen LogP contribution >= 0.6 is 0 Å². The van der Waals surface area contributed by atoms with Gasteiger partial charge in [0.25, 0.3) is 0 Å². The van der Waals surface area contributed by atoms with Crippen molar-refractivity contribution in [3.63, 3.8) is 0 Å². The molecule has 0 saturated carbocycles. The zero-order valence-corrected chi connectivity index (χ0v) is 21.5. The van der Waals surface area contributed by atoms with E-state index in [0.29, 0.717) is 0 Å². The zero-order valence-electron chi connectivity index (χ0n) is 18.9. The Morgan fingerprint density at radius 1 is 0.645 bits per heavy atom. The van der Waals surface area contributed by atoms with Gasteiger partial charge in [-0.2, -0.15) is 0 Å². The molecule has 4 aromatic carbocycles. The predicted octanol–water partition coefficient (Wildman–Crippen LogP) is 4.47. The third-order valence-electron chi connectivity index (χ3n) is 6.85. The van der Waals surface area contributed by atoms with Crippen LogP contribution in [0.15, 0.2) is 109 Å². The van der Waals surface area contributed by atoms with Crippen LogP contribution in [0.4, 0.5) is 0 Å². The fourth-order valence-electron chi connectivity index (χ4n) is 4.82. The van der Waals surface area contributed by atoms with Crippen LogP contribution < -0.4 is 10.4 Å². The molecule has 0 aliphatic carbocycles. The second kappa shape index (κ2) is 9.63. The summed E-state index contributed by atoms with van der Waals surface area (Å²) in [6.07, 6.45) is 0. The summed E-state index contributed by atoms with van der Waals surface area (Å²) < 4.78 is 0.233. The second-order valence-corrected chi connectivity index (χ2v) is 15.7. The van der Waals surface area contributed by atoms with Crippen molar-refractivity contribution in [1.29, 1.82) is 0 Å². The Kier molecular flexibility index (Phi) is 6.69. The first kappa shape index (κ1) is 21.5. The monoisotopic (exact) mass is 436 g/mol. The normalized spacial score (nSPS) is 13.5. The lowest BCUT2D eigenvalue weighted by Gasteiger charge is -2.39. The van der Waals surface area contributed by atoms with E-state index in [1.54, 1.807) is 15.9 Å². The molecule has 0 aliphatic rings. The number of rotatable bonds is 7. The van der Waals surface area contributed by atoms with Crippen LogP contribution in [0.3, 0.4) is 0 Å². The van der Waals surface area contributed by atoms with E-state index < -0.39 is 18.3 Å². The standard InChI is InChI=1S/C29H32Si2/c1-23-19-20-26(21-24(23)2)29(3,30-22-25-13-7-4-8-14-25)31(27-15-9-5-10-16-27)28-17-11-6-12-18-28/h4-21,31H,22,30H2,1-3H3. The zero-order chi connectivity index (χ0) is 21.7. The highest BCUT2D eigenvalue weighted by Gasteiger charge is 2.39. The largest absolute Gasteiger partial charge is 0.109 e. The van der Waals surface area contributed by atoms with Crippen molar-refractivity contribution in [1.82, 2.24) is 0 Å². The van der Waals surface area contributed by atoms with Crippen LogP contribution in [-0.4, -0.2) is 18.3 Å². The average molecular weight is 437 g/mol. The van der Waals surface area contributed by atoms with Gasteiger partial charge < -0.3 is 0 Å². The molecule has 0 fully saturated rings. The van der Waals surface area contributed by atoms with E-state index in [2.05, 4.69) is 130 Å². The van der Waals surface area contributed by atoms with E-state index in [0.717, 1.165) is 0 Å². The topological polar surface area (TPSA) is 0 Å². The van der Waals surface area contributed by atoms with E-state index in [4.69, 9.17) is 0 Å². The molecule has 0 saturated heterocycles. The summed E-state index contributed by atoms with van der Waals surface area (Å²) in [7, 11) is -1.99. The van der Waals surface area contributed by atoms with Crippen molar-refractivity contribution in [3.05, 3.63) is 131 Å². The summed E-state index contributed by atoms with van der Waals surface area (Å²) in [6.45, 7) is 7.07. The van der Waals surface area contributed by atoms with Gasteiger partial charge in [0.15, 0.2) is 0 Å². The number of benzene rings is 4. The lowest BCUT2D eigenvalue weighted by molar-refractivity contribution is 0.919. The smallest absolute Gasteiger partial charge is 0.0629 e. The maximum atomic E-state index is 2.59. The van der Waals surface area contributed by atoms with Crippen molar-refractivity contribution >= 4 is 28.7 Å². The van der Waals surface area contributed by atoms with Gasteiger partial charge in [-0.25, -0.2) is 0 Å². The summed E-state index contributed by atoms with van der Waals surface area (Å²) in [5.41, 5.74) is 5.82. The molecule has 4 aromatic rings. The molecule has 4 rings (SSSR count). The summed E-state index contributed by atoms with van der Waals surface area (Å²) in [5.74, 6) is 0. The molecule has 2 heteroatoms. The van der Waals surface area contributed by atoms with Crippen LogP contribution in [0.5, 0.6) is 0 Å². The van der Waals surface area contributed by atoms with Crippen molar-refractivity contribution in [2.75, 3.05) is 0 Å². The minimum absolute atomic E-state index is 0.233. The SMILES string of the molecule is Cc1ccc(C(C)([SiH2]Cc2ccccc2)[SiH](c2ccccc2)c2ccccc2)cc1C. The highest BCUT2D eigenvalue weighted by atomic mass is 28.3. The number of hydrogen-bond donors (Lipinski definition) is 0. The summed E-state index contributed by atoms with van der Waals surface area (Å²) >= 11 is 0. The number of hydrogen-bond acceptors (Lipinski definition) is 0. The second-order valence-electron chi connectivity index (χ2n) is 8.96. The van der Waals surface area contributed by atoms with Crippen molar-refractivity contribution in [2.24, 2.45) is 0 Å². The lowest BCUT2D eigenvalue weighted by Crippen LogP contribution is -2.60. The van der Waals surface area contributed by atoms with Gasteiger partial charge in [-0.05, 0) is 41.2 Å². The van der Waals surface area contributed by atoms with E-state index >= 15 is 0 Å². The van der Waals surface area contributed by atoms with Gasteiger partial charge in [0.05, 0.1) is 0 Å². The van der Waals surface area contributed by atoms with Gasteiger partial charge in [-0.15, -0.1) is 0 Å². The summed E-state index contributed by atoms with van der Waals surface area (Å²) in [4.78, 5) is 0. The molecule has 156 valence electrons. The Morgan fingerprint density at radius 3 is 1.68 bits per heavy atom. The van der Waals surface area contributed by atoms with E-state index in [1.807, 2.05) is 0 Å².